The zero-order valence-corrected chi connectivity index (χ0v) is 18.2. The number of hydrogen-bond acceptors (Lipinski definition) is 6. The lowest BCUT2D eigenvalue weighted by Gasteiger charge is -2.23. The summed E-state index contributed by atoms with van der Waals surface area (Å²) in [5.41, 5.74) is 1.06. The van der Waals surface area contributed by atoms with E-state index in [0.29, 0.717) is 33.6 Å². The highest BCUT2D eigenvalue weighted by Crippen LogP contribution is 2.42. The summed E-state index contributed by atoms with van der Waals surface area (Å²) in [5.74, 6) is -1.09. The second kappa shape index (κ2) is 8.91. The van der Waals surface area contributed by atoms with Crippen LogP contribution in [0.4, 0.5) is 5.13 Å². The average molecular weight is 455 g/mol. The number of thiazole rings is 1. The maximum atomic E-state index is 13.0. The zero-order chi connectivity index (χ0) is 22.0. The van der Waals surface area contributed by atoms with E-state index in [1.807, 2.05) is 6.92 Å². The van der Waals surface area contributed by atoms with Crippen LogP contribution in [0.2, 0.25) is 5.02 Å². The normalized spacial score (nSPS) is 17.9. The quantitative estimate of drug-likeness (QED) is 0.314. The number of carbonyl (C=O) groups excluding carboxylic acids is 2. The summed E-state index contributed by atoms with van der Waals surface area (Å²) in [5, 5.41) is 13.7. The van der Waals surface area contributed by atoms with Crippen LogP contribution in [0.15, 0.2) is 65.7 Å². The average Bonchev–Trinajstić information content (AvgIpc) is 3.40. The van der Waals surface area contributed by atoms with Crippen LogP contribution in [0.25, 0.3) is 5.76 Å². The van der Waals surface area contributed by atoms with Gasteiger partial charge in [0.05, 0.1) is 18.2 Å². The van der Waals surface area contributed by atoms with Gasteiger partial charge in [0.25, 0.3) is 5.78 Å². The van der Waals surface area contributed by atoms with E-state index in [1.165, 1.54) is 16.2 Å². The number of Topliss-reactive ketones (excluding diaryl/α,β-unsaturated/α-hetero) is 1. The van der Waals surface area contributed by atoms with Gasteiger partial charge in [-0.2, -0.15) is 0 Å². The molecule has 0 saturated carbocycles. The van der Waals surface area contributed by atoms with Crippen molar-refractivity contribution in [2.75, 3.05) is 11.5 Å². The molecule has 0 bridgehead atoms. The van der Waals surface area contributed by atoms with Crippen molar-refractivity contribution in [3.63, 3.8) is 0 Å². The van der Waals surface area contributed by atoms with E-state index in [0.717, 1.165) is 6.42 Å². The van der Waals surface area contributed by atoms with Gasteiger partial charge in [-0.1, -0.05) is 30.7 Å². The number of aliphatic hydroxyl groups excluding tert-OH is 1. The molecule has 2 heterocycles. The summed E-state index contributed by atoms with van der Waals surface area (Å²) in [6, 6.07) is 12.8. The molecule has 31 heavy (non-hydrogen) atoms. The molecule has 0 aliphatic carbocycles. The summed E-state index contributed by atoms with van der Waals surface area (Å²) in [6.45, 7) is 2.60. The first-order chi connectivity index (χ1) is 15.0. The molecule has 3 aromatic rings. The summed E-state index contributed by atoms with van der Waals surface area (Å²) < 4.78 is 5.57. The molecule has 1 unspecified atom stereocenters. The van der Waals surface area contributed by atoms with Gasteiger partial charge in [0.15, 0.2) is 5.13 Å². The second-order valence-electron chi connectivity index (χ2n) is 6.91. The third-order valence-corrected chi connectivity index (χ3v) is 5.88. The van der Waals surface area contributed by atoms with Gasteiger partial charge in [0.1, 0.15) is 11.5 Å². The third-order valence-electron chi connectivity index (χ3n) is 4.86. The molecule has 1 N–H and O–H groups in total. The Balaban J connectivity index is 1.82. The van der Waals surface area contributed by atoms with E-state index in [1.54, 1.807) is 60.1 Å². The van der Waals surface area contributed by atoms with Crippen LogP contribution in [0.1, 0.15) is 30.5 Å². The van der Waals surface area contributed by atoms with Crippen LogP contribution in [0.3, 0.4) is 0 Å². The highest BCUT2D eigenvalue weighted by molar-refractivity contribution is 7.14. The number of amides is 1. The molecule has 1 amide bonds. The van der Waals surface area contributed by atoms with Gasteiger partial charge in [-0.05, 0) is 48.4 Å². The Kier molecular flexibility index (Phi) is 6.06. The van der Waals surface area contributed by atoms with E-state index in [-0.39, 0.29) is 11.3 Å². The first-order valence-corrected chi connectivity index (χ1v) is 11.0. The molecule has 8 heteroatoms. The van der Waals surface area contributed by atoms with Gasteiger partial charge in [-0.25, -0.2) is 4.98 Å². The topological polar surface area (TPSA) is 79.7 Å². The lowest BCUT2D eigenvalue weighted by atomic mass is 9.95. The monoisotopic (exact) mass is 454 g/mol. The molecular formula is C23H19ClN2O4S. The number of rotatable bonds is 6. The largest absolute Gasteiger partial charge is 0.507 e. The van der Waals surface area contributed by atoms with Crippen LogP contribution in [0.5, 0.6) is 5.75 Å². The Hall–Kier alpha value is -3.16. The van der Waals surface area contributed by atoms with Crippen LogP contribution < -0.4 is 9.64 Å². The molecule has 1 fully saturated rings. The number of ether oxygens (including phenoxy) is 1. The minimum absolute atomic E-state index is 0.00440. The molecule has 158 valence electrons. The van der Waals surface area contributed by atoms with Crippen molar-refractivity contribution >= 4 is 45.5 Å². The minimum Gasteiger partial charge on any atom is -0.507 e. The summed E-state index contributed by atoms with van der Waals surface area (Å²) in [7, 11) is 0. The number of ketones is 1. The van der Waals surface area contributed by atoms with E-state index in [2.05, 4.69) is 4.98 Å². The van der Waals surface area contributed by atoms with E-state index in [4.69, 9.17) is 16.3 Å². The minimum atomic E-state index is -0.820. The van der Waals surface area contributed by atoms with E-state index in [9.17, 15) is 14.7 Å². The Bertz CT molecular complexity index is 1130. The summed E-state index contributed by atoms with van der Waals surface area (Å²) in [4.78, 5) is 31.5. The number of anilines is 1. The van der Waals surface area contributed by atoms with Crippen LogP contribution >= 0.6 is 22.9 Å². The van der Waals surface area contributed by atoms with Crippen molar-refractivity contribution in [1.82, 2.24) is 4.98 Å². The fraction of sp³-hybridized carbons (Fsp3) is 0.174. The van der Waals surface area contributed by atoms with Crippen molar-refractivity contribution in [3.8, 4) is 5.75 Å². The highest BCUT2D eigenvalue weighted by atomic mass is 35.5. The molecule has 4 rings (SSSR count). The number of nitrogens with zero attached hydrogens (tertiary/aromatic N) is 2. The fourth-order valence-corrected chi connectivity index (χ4v) is 4.20. The number of carbonyl (C=O) groups is 2. The molecule has 1 saturated heterocycles. The lowest BCUT2D eigenvalue weighted by molar-refractivity contribution is -0.132. The SMILES string of the molecule is CCCOc1ccc(C(O)=C2C(=O)C(=O)N(c3nccs3)C2c2ccc(Cl)cc2)cc1. The van der Waals surface area contributed by atoms with Gasteiger partial charge in [-0.15, -0.1) is 11.3 Å². The van der Waals surface area contributed by atoms with Gasteiger partial charge >= 0.3 is 5.91 Å². The van der Waals surface area contributed by atoms with Crippen molar-refractivity contribution in [2.24, 2.45) is 0 Å². The zero-order valence-electron chi connectivity index (χ0n) is 16.6. The second-order valence-corrected chi connectivity index (χ2v) is 8.22. The number of hydrogen-bond donors (Lipinski definition) is 1. The molecule has 1 atom stereocenters. The van der Waals surface area contributed by atoms with Crippen LogP contribution in [-0.2, 0) is 9.59 Å². The maximum Gasteiger partial charge on any atom is 0.301 e. The fourth-order valence-electron chi connectivity index (χ4n) is 3.41. The Morgan fingerprint density at radius 1 is 1.16 bits per heavy atom. The first-order valence-electron chi connectivity index (χ1n) is 9.70. The molecule has 1 aromatic heterocycles. The maximum absolute atomic E-state index is 13.0. The Morgan fingerprint density at radius 2 is 1.87 bits per heavy atom. The molecule has 0 spiro atoms. The Labute approximate surface area is 188 Å². The van der Waals surface area contributed by atoms with Crippen molar-refractivity contribution < 1.29 is 19.4 Å². The van der Waals surface area contributed by atoms with Crippen LogP contribution in [-0.4, -0.2) is 28.4 Å². The molecular weight excluding hydrogens is 436 g/mol. The molecule has 6 nitrogen and oxygen atoms in total. The molecule has 2 aromatic carbocycles. The lowest BCUT2D eigenvalue weighted by Crippen LogP contribution is -2.29. The molecule has 1 aliphatic rings. The van der Waals surface area contributed by atoms with Gasteiger partial charge in [0.2, 0.25) is 0 Å². The van der Waals surface area contributed by atoms with Crippen molar-refractivity contribution in [3.05, 3.63) is 81.8 Å². The van der Waals surface area contributed by atoms with E-state index < -0.39 is 17.7 Å². The number of benzene rings is 2. The number of aliphatic hydroxyl groups is 1. The predicted octanol–water partition coefficient (Wildman–Crippen LogP) is 5.21. The summed E-state index contributed by atoms with van der Waals surface area (Å²) in [6.07, 6.45) is 2.44. The van der Waals surface area contributed by atoms with E-state index >= 15 is 0 Å². The number of halogens is 1. The third kappa shape index (κ3) is 4.06. The van der Waals surface area contributed by atoms with Crippen molar-refractivity contribution in [1.29, 1.82) is 0 Å². The molecule has 0 radical (unpaired) electrons. The van der Waals surface area contributed by atoms with Gasteiger partial charge < -0.3 is 9.84 Å². The standard InChI is InChI=1S/C23H19ClN2O4S/c1-2-12-30-17-9-5-15(6-10-17)20(27)18-19(14-3-7-16(24)8-4-14)26(22(29)21(18)28)23-25-11-13-31-23/h3-11,13,19,27H,2,12H2,1H3. The molecule has 1 aliphatic heterocycles. The Morgan fingerprint density at radius 3 is 2.48 bits per heavy atom. The van der Waals surface area contributed by atoms with Crippen molar-refractivity contribution in [2.45, 2.75) is 19.4 Å². The number of aromatic nitrogens is 1. The predicted molar refractivity (Wildman–Crippen MR) is 121 cm³/mol. The van der Waals surface area contributed by atoms with Crippen LogP contribution in [0, 0.1) is 0 Å². The van der Waals surface area contributed by atoms with Gasteiger partial charge in [-0.3, -0.25) is 14.5 Å². The first kappa shape index (κ1) is 21.1. The highest BCUT2D eigenvalue weighted by Gasteiger charge is 2.47. The summed E-state index contributed by atoms with van der Waals surface area (Å²) >= 11 is 7.27. The smallest absolute Gasteiger partial charge is 0.301 e. The van der Waals surface area contributed by atoms with Gasteiger partial charge in [0, 0.05) is 22.2 Å².